The molecule has 0 aromatic heterocycles. The summed E-state index contributed by atoms with van der Waals surface area (Å²) in [7, 11) is 0. The molecule has 0 saturated heterocycles. The van der Waals surface area contributed by atoms with Crippen molar-refractivity contribution in [2.45, 2.75) is 45.9 Å². The van der Waals surface area contributed by atoms with Crippen LogP contribution < -0.4 is 21.1 Å². The SMILES string of the molecule is CC(Oc1ccccc1CNC(C)(C)C)C(=O)NC(N)=O. The standard InChI is InChI=1S/C15H23N3O3/c1-10(13(19)18-14(16)20)21-12-8-6-5-7-11(12)9-17-15(2,3)4/h5-8,10,17H,9H2,1-4H3,(H3,16,18,19,20). The second kappa shape index (κ2) is 7.08. The zero-order valence-corrected chi connectivity index (χ0v) is 12.9. The Bertz CT molecular complexity index is 509. The summed E-state index contributed by atoms with van der Waals surface area (Å²) in [6.07, 6.45) is -0.812. The molecule has 21 heavy (non-hydrogen) atoms. The monoisotopic (exact) mass is 293 g/mol. The Morgan fingerprint density at radius 1 is 1.29 bits per heavy atom. The molecule has 1 atom stereocenters. The van der Waals surface area contributed by atoms with Crippen LogP contribution >= 0.6 is 0 Å². The number of nitrogens with two attached hydrogens (primary N) is 1. The Morgan fingerprint density at radius 2 is 1.90 bits per heavy atom. The van der Waals surface area contributed by atoms with Gasteiger partial charge in [0.25, 0.3) is 5.91 Å². The summed E-state index contributed by atoms with van der Waals surface area (Å²) in [4.78, 5) is 22.3. The number of nitrogens with one attached hydrogen (secondary N) is 2. The van der Waals surface area contributed by atoms with Gasteiger partial charge < -0.3 is 15.8 Å². The minimum absolute atomic E-state index is 0.0257. The quantitative estimate of drug-likeness (QED) is 0.767. The van der Waals surface area contributed by atoms with Crippen LogP contribution in [0.15, 0.2) is 24.3 Å². The fourth-order valence-electron chi connectivity index (χ4n) is 1.59. The predicted molar refractivity (Wildman–Crippen MR) is 80.9 cm³/mol. The van der Waals surface area contributed by atoms with Crippen molar-refractivity contribution in [3.63, 3.8) is 0 Å². The first-order valence-electron chi connectivity index (χ1n) is 6.79. The number of imide groups is 1. The highest BCUT2D eigenvalue weighted by Gasteiger charge is 2.18. The topological polar surface area (TPSA) is 93.4 Å². The molecule has 116 valence electrons. The average Bonchev–Trinajstić information content (AvgIpc) is 2.35. The van der Waals surface area contributed by atoms with E-state index in [1.165, 1.54) is 0 Å². The van der Waals surface area contributed by atoms with Crippen molar-refractivity contribution in [3.05, 3.63) is 29.8 Å². The van der Waals surface area contributed by atoms with Gasteiger partial charge >= 0.3 is 6.03 Å². The first-order chi connectivity index (χ1) is 9.69. The smallest absolute Gasteiger partial charge is 0.318 e. The molecule has 1 aromatic rings. The fourth-order valence-corrected chi connectivity index (χ4v) is 1.59. The fraction of sp³-hybridized carbons (Fsp3) is 0.467. The maximum atomic E-state index is 11.6. The number of para-hydroxylation sites is 1. The molecule has 1 aromatic carbocycles. The number of benzene rings is 1. The van der Waals surface area contributed by atoms with Crippen LogP contribution in [0.4, 0.5) is 4.79 Å². The molecule has 0 fully saturated rings. The number of hydrogen-bond acceptors (Lipinski definition) is 4. The summed E-state index contributed by atoms with van der Waals surface area (Å²) in [6.45, 7) is 8.38. The summed E-state index contributed by atoms with van der Waals surface area (Å²) in [5.41, 5.74) is 5.82. The van der Waals surface area contributed by atoms with Gasteiger partial charge in [-0.05, 0) is 33.8 Å². The van der Waals surface area contributed by atoms with E-state index in [-0.39, 0.29) is 5.54 Å². The van der Waals surface area contributed by atoms with Gasteiger partial charge in [-0.2, -0.15) is 0 Å². The van der Waals surface area contributed by atoms with Crippen LogP contribution in [0.1, 0.15) is 33.3 Å². The summed E-state index contributed by atoms with van der Waals surface area (Å²) in [5.74, 6) is 0.0301. The molecule has 0 heterocycles. The molecule has 0 spiro atoms. The van der Waals surface area contributed by atoms with E-state index in [0.717, 1.165) is 5.56 Å². The minimum atomic E-state index is -0.891. The second-order valence-corrected chi connectivity index (χ2v) is 5.82. The van der Waals surface area contributed by atoms with Crippen LogP contribution in [0.3, 0.4) is 0 Å². The van der Waals surface area contributed by atoms with Gasteiger partial charge in [-0.1, -0.05) is 18.2 Å². The third-order valence-corrected chi connectivity index (χ3v) is 2.70. The lowest BCUT2D eigenvalue weighted by Gasteiger charge is -2.22. The molecule has 0 aliphatic rings. The highest BCUT2D eigenvalue weighted by atomic mass is 16.5. The molecule has 0 saturated carbocycles. The zero-order chi connectivity index (χ0) is 16.0. The number of carbonyl (C=O) groups is 2. The van der Waals surface area contributed by atoms with E-state index < -0.39 is 18.0 Å². The number of primary amides is 1. The summed E-state index contributed by atoms with van der Waals surface area (Å²) in [5, 5.41) is 5.36. The number of rotatable bonds is 5. The van der Waals surface area contributed by atoms with Gasteiger partial charge in [-0.3, -0.25) is 10.1 Å². The molecule has 0 bridgehead atoms. The van der Waals surface area contributed by atoms with Crippen molar-refractivity contribution in [3.8, 4) is 5.75 Å². The average molecular weight is 293 g/mol. The first-order valence-corrected chi connectivity index (χ1v) is 6.79. The van der Waals surface area contributed by atoms with Crippen LogP contribution in [0.5, 0.6) is 5.75 Å². The van der Waals surface area contributed by atoms with Crippen LogP contribution in [-0.2, 0) is 11.3 Å². The Hall–Kier alpha value is -2.08. The highest BCUT2D eigenvalue weighted by Crippen LogP contribution is 2.20. The molecule has 0 aliphatic carbocycles. The third kappa shape index (κ3) is 6.27. The molecule has 1 rings (SSSR count). The molecule has 3 amide bonds. The van der Waals surface area contributed by atoms with Crippen molar-refractivity contribution < 1.29 is 14.3 Å². The van der Waals surface area contributed by atoms with Crippen LogP contribution in [0.25, 0.3) is 0 Å². The number of carbonyl (C=O) groups excluding carboxylic acids is 2. The zero-order valence-electron chi connectivity index (χ0n) is 12.9. The van der Waals surface area contributed by atoms with E-state index in [1.54, 1.807) is 13.0 Å². The lowest BCUT2D eigenvalue weighted by Crippen LogP contribution is -2.42. The molecule has 6 nitrogen and oxygen atoms in total. The van der Waals surface area contributed by atoms with Crippen molar-refractivity contribution in [1.82, 2.24) is 10.6 Å². The van der Waals surface area contributed by atoms with Crippen LogP contribution in [-0.4, -0.2) is 23.6 Å². The van der Waals surface area contributed by atoms with Gasteiger partial charge in [0.2, 0.25) is 0 Å². The molecular weight excluding hydrogens is 270 g/mol. The molecule has 6 heteroatoms. The van der Waals surface area contributed by atoms with Crippen molar-refractivity contribution in [1.29, 1.82) is 0 Å². The maximum Gasteiger partial charge on any atom is 0.318 e. The van der Waals surface area contributed by atoms with Crippen LogP contribution in [0, 0.1) is 0 Å². The number of hydrogen-bond donors (Lipinski definition) is 3. The highest BCUT2D eigenvalue weighted by molar-refractivity contribution is 5.95. The Labute approximate surface area is 125 Å². The Kier molecular flexibility index (Phi) is 5.72. The molecule has 1 unspecified atom stereocenters. The van der Waals surface area contributed by atoms with Gasteiger partial charge in [-0.15, -0.1) is 0 Å². The van der Waals surface area contributed by atoms with Crippen molar-refractivity contribution in [2.75, 3.05) is 0 Å². The van der Waals surface area contributed by atoms with Crippen LogP contribution in [0.2, 0.25) is 0 Å². The summed E-state index contributed by atoms with van der Waals surface area (Å²) in [6, 6.07) is 6.55. The largest absolute Gasteiger partial charge is 0.481 e. The van der Waals surface area contributed by atoms with Gasteiger partial charge in [0.05, 0.1) is 0 Å². The molecule has 0 aliphatic heterocycles. The first kappa shape index (κ1) is 17.0. The second-order valence-electron chi connectivity index (χ2n) is 5.82. The van der Waals surface area contributed by atoms with E-state index >= 15 is 0 Å². The maximum absolute atomic E-state index is 11.6. The number of ether oxygens (including phenoxy) is 1. The minimum Gasteiger partial charge on any atom is -0.481 e. The van der Waals surface area contributed by atoms with E-state index in [1.807, 2.05) is 23.5 Å². The Morgan fingerprint density at radius 3 is 2.48 bits per heavy atom. The normalized spacial score (nSPS) is 12.6. The van der Waals surface area contributed by atoms with E-state index in [9.17, 15) is 9.59 Å². The number of urea groups is 1. The lowest BCUT2D eigenvalue weighted by molar-refractivity contribution is -0.126. The molecular formula is C15H23N3O3. The van der Waals surface area contributed by atoms with E-state index in [0.29, 0.717) is 12.3 Å². The van der Waals surface area contributed by atoms with Gasteiger partial charge in [-0.25, -0.2) is 4.79 Å². The Balaban J connectivity index is 2.74. The van der Waals surface area contributed by atoms with E-state index in [2.05, 4.69) is 26.1 Å². The third-order valence-electron chi connectivity index (χ3n) is 2.70. The summed E-state index contributed by atoms with van der Waals surface area (Å²) >= 11 is 0. The van der Waals surface area contributed by atoms with Gasteiger partial charge in [0.1, 0.15) is 5.75 Å². The van der Waals surface area contributed by atoms with Gasteiger partial charge in [0, 0.05) is 17.6 Å². The predicted octanol–water partition coefficient (Wildman–Crippen LogP) is 1.54. The lowest BCUT2D eigenvalue weighted by atomic mass is 10.1. The summed E-state index contributed by atoms with van der Waals surface area (Å²) < 4.78 is 5.61. The molecule has 0 radical (unpaired) electrons. The van der Waals surface area contributed by atoms with Crippen molar-refractivity contribution in [2.24, 2.45) is 5.73 Å². The number of amides is 3. The van der Waals surface area contributed by atoms with Crippen molar-refractivity contribution >= 4 is 11.9 Å². The molecule has 4 N–H and O–H groups in total. The van der Waals surface area contributed by atoms with Gasteiger partial charge in [0.15, 0.2) is 6.10 Å². The van der Waals surface area contributed by atoms with E-state index in [4.69, 9.17) is 10.5 Å².